The van der Waals surface area contributed by atoms with Crippen LogP contribution in [0.1, 0.15) is 44.7 Å². The van der Waals surface area contributed by atoms with Gasteiger partial charge in [0.1, 0.15) is 0 Å². The van der Waals surface area contributed by atoms with Crippen LogP contribution in [0, 0.1) is 0 Å². The fourth-order valence-electron chi connectivity index (χ4n) is 2.81. The lowest BCUT2D eigenvalue weighted by molar-refractivity contribution is 0.261. The van der Waals surface area contributed by atoms with Crippen molar-refractivity contribution in [3.63, 3.8) is 0 Å². The molecule has 0 amide bonds. The van der Waals surface area contributed by atoms with Crippen molar-refractivity contribution in [2.24, 2.45) is 5.73 Å². The molecule has 0 bridgehead atoms. The highest BCUT2D eigenvalue weighted by molar-refractivity contribution is 7.89. The Morgan fingerprint density at radius 2 is 2.05 bits per heavy atom. The van der Waals surface area contributed by atoms with Gasteiger partial charge in [-0.2, -0.15) is 4.31 Å². The zero-order valence-electron chi connectivity index (χ0n) is 11.4. The van der Waals surface area contributed by atoms with E-state index in [4.69, 9.17) is 5.73 Å². The van der Waals surface area contributed by atoms with Gasteiger partial charge < -0.3 is 10.7 Å². The summed E-state index contributed by atoms with van der Waals surface area (Å²) in [5, 5.41) is 0. The highest BCUT2D eigenvalue weighted by atomic mass is 32.2. The Hall–Kier alpha value is -0.850. The van der Waals surface area contributed by atoms with E-state index in [0.717, 1.165) is 31.4 Å². The van der Waals surface area contributed by atoms with Crippen molar-refractivity contribution < 1.29 is 8.42 Å². The van der Waals surface area contributed by atoms with E-state index in [2.05, 4.69) is 4.98 Å². The lowest BCUT2D eigenvalue weighted by atomic mass is 9.95. The second kappa shape index (κ2) is 6.07. The molecule has 0 radical (unpaired) electrons. The van der Waals surface area contributed by atoms with Crippen LogP contribution in [-0.4, -0.2) is 30.3 Å². The molecule has 0 unspecified atom stereocenters. The van der Waals surface area contributed by atoms with Crippen molar-refractivity contribution in [3.05, 3.63) is 18.0 Å². The number of nitrogens with one attached hydrogen (secondary N) is 1. The number of nitrogens with two attached hydrogens (primary N) is 1. The number of nitrogens with zero attached hydrogens (tertiary/aromatic N) is 1. The van der Waals surface area contributed by atoms with Crippen molar-refractivity contribution in [3.8, 4) is 0 Å². The smallest absolute Gasteiger partial charge is 0.244 e. The molecule has 0 atom stereocenters. The number of hydrogen-bond acceptors (Lipinski definition) is 3. The van der Waals surface area contributed by atoms with Crippen LogP contribution in [0.3, 0.4) is 0 Å². The minimum absolute atomic E-state index is 0.153. The van der Waals surface area contributed by atoms with Crippen LogP contribution in [-0.2, 0) is 16.6 Å². The molecule has 19 heavy (non-hydrogen) atoms. The first-order valence-corrected chi connectivity index (χ1v) is 8.42. The van der Waals surface area contributed by atoms with Gasteiger partial charge in [0.15, 0.2) is 0 Å². The molecule has 108 valence electrons. The van der Waals surface area contributed by atoms with Crippen LogP contribution in [0.5, 0.6) is 0 Å². The van der Waals surface area contributed by atoms with E-state index in [0.29, 0.717) is 18.0 Å². The Morgan fingerprint density at radius 1 is 1.37 bits per heavy atom. The number of hydrogen-bond donors (Lipinski definition) is 2. The van der Waals surface area contributed by atoms with Crippen LogP contribution >= 0.6 is 0 Å². The van der Waals surface area contributed by atoms with Gasteiger partial charge >= 0.3 is 0 Å². The summed E-state index contributed by atoms with van der Waals surface area (Å²) in [6.07, 6.45) is 6.96. The van der Waals surface area contributed by atoms with E-state index < -0.39 is 10.0 Å². The third kappa shape index (κ3) is 3.01. The predicted octanol–water partition coefficient (Wildman–Crippen LogP) is 1.82. The van der Waals surface area contributed by atoms with Crippen LogP contribution in [0.4, 0.5) is 0 Å². The number of H-pyrrole nitrogens is 1. The molecule has 0 aromatic carbocycles. The monoisotopic (exact) mass is 285 g/mol. The van der Waals surface area contributed by atoms with E-state index in [1.165, 1.54) is 6.42 Å². The maximum absolute atomic E-state index is 12.7. The lowest BCUT2D eigenvalue weighted by Gasteiger charge is -2.32. The van der Waals surface area contributed by atoms with E-state index in [1.54, 1.807) is 16.6 Å². The average molecular weight is 285 g/mol. The molecule has 1 fully saturated rings. The standard InChI is InChI=1S/C13H23N3O2S/c1-2-16(12-6-4-3-5-7-12)19(17,18)13-8-11(9-14)15-10-13/h8,10,12,15H,2-7,9,14H2,1H3. The third-order valence-corrected chi connectivity index (χ3v) is 5.84. The fraction of sp³-hybridized carbons (Fsp3) is 0.692. The van der Waals surface area contributed by atoms with Crippen molar-refractivity contribution in [1.82, 2.24) is 9.29 Å². The second-order valence-electron chi connectivity index (χ2n) is 5.06. The van der Waals surface area contributed by atoms with Crippen LogP contribution in [0.25, 0.3) is 0 Å². The highest BCUT2D eigenvalue weighted by Crippen LogP contribution is 2.27. The number of sulfonamides is 1. The summed E-state index contributed by atoms with van der Waals surface area (Å²) >= 11 is 0. The van der Waals surface area contributed by atoms with E-state index >= 15 is 0 Å². The summed E-state index contributed by atoms with van der Waals surface area (Å²) in [6, 6.07) is 1.79. The Morgan fingerprint density at radius 3 is 2.58 bits per heavy atom. The van der Waals surface area contributed by atoms with E-state index in [1.807, 2.05) is 6.92 Å². The first-order chi connectivity index (χ1) is 9.09. The third-order valence-electron chi connectivity index (χ3n) is 3.84. The summed E-state index contributed by atoms with van der Waals surface area (Å²) in [4.78, 5) is 3.25. The summed E-state index contributed by atoms with van der Waals surface area (Å²) in [5.41, 5.74) is 6.27. The fourth-order valence-corrected chi connectivity index (χ4v) is 4.53. The normalized spacial score (nSPS) is 18.1. The lowest BCUT2D eigenvalue weighted by Crippen LogP contribution is -2.41. The maximum atomic E-state index is 12.7. The zero-order chi connectivity index (χ0) is 13.9. The number of aromatic nitrogens is 1. The zero-order valence-corrected chi connectivity index (χ0v) is 12.2. The van der Waals surface area contributed by atoms with Gasteiger partial charge in [-0.25, -0.2) is 8.42 Å². The second-order valence-corrected chi connectivity index (χ2v) is 6.96. The van der Waals surface area contributed by atoms with Gasteiger partial charge in [0, 0.05) is 31.0 Å². The first-order valence-electron chi connectivity index (χ1n) is 6.98. The summed E-state index contributed by atoms with van der Waals surface area (Å²) in [5.74, 6) is 0. The molecular weight excluding hydrogens is 262 g/mol. The summed E-state index contributed by atoms with van der Waals surface area (Å²) < 4.78 is 27.0. The topological polar surface area (TPSA) is 79.2 Å². The molecular formula is C13H23N3O2S. The Kier molecular flexibility index (Phi) is 4.65. The minimum Gasteiger partial charge on any atom is -0.363 e. The maximum Gasteiger partial charge on any atom is 0.244 e. The van der Waals surface area contributed by atoms with Crippen molar-refractivity contribution >= 4 is 10.0 Å². The molecule has 0 spiro atoms. The Labute approximate surface area is 115 Å². The average Bonchev–Trinajstić information content (AvgIpc) is 2.90. The molecule has 1 aliphatic rings. The highest BCUT2D eigenvalue weighted by Gasteiger charge is 2.31. The van der Waals surface area contributed by atoms with Crippen molar-refractivity contribution in [1.29, 1.82) is 0 Å². The van der Waals surface area contributed by atoms with Gasteiger partial charge in [-0.1, -0.05) is 26.2 Å². The van der Waals surface area contributed by atoms with Gasteiger partial charge in [-0.15, -0.1) is 0 Å². The summed E-state index contributed by atoms with van der Waals surface area (Å²) in [7, 11) is -3.39. The van der Waals surface area contributed by atoms with Gasteiger partial charge in [0.25, 0.3) is 0 Å². The molecule has 1 aromatic heterocycles. The van der Waals surface area contributed by atoms with Crippen molar-refractivity contribution in [2.75, 3.05) is 6.54 Å². The van der Waals surface area contributed by atoms with Crippen LogP contribution in [0.15, 0.2) is 17.2 Å². The Bertz CT molecular complexity index is 504. The van der Waals surface area contributed by atoms with E-state index in [9.17, 15) is 8.42 Å². The number of aromatic amines is 1. The molecule has 5 nitrogen and oxygen atoms in total. The largest absolute Gasteiger partial charge is 0.363 e. The molecule has 3 N–H and O–H groups in total. The molecule has 1 aromatic rings. The molecule has 0 saturated heterocycles. The minimum atomic E-state index is -3.39. The van der Waals surface area contributed by atoms with Crippen LogP contribution < -0.4 is 5.73 Å². The quantitative estimate of drug-likeness (QED) is 0.866. The van der Waals surface area contributed by atoms with Crippen molar-refractivity contribution in [2.45, 2.75) is 56.5 Å². The van der Waals surface area contributed by atoms with E-state index in [-0.39, 0.29) is 6.04 Å². The summed E-state index contributed by atoms with van der Waals surface area (Å²) in [6.45, 7) is 2.75. The van der Waals surface area contributed by atoms with Crippen LogP contribution in [0.2, 0.25) is 0 Å². The van der Waals surface area contributed by atoms with Gasteiger partial charge in [0.05, 0.1) is 4.90 Å². The molecule has 6 heteroatoms. The Balaban J connectivity index is 2.24. The molecule has 1 aliphatic carbocycles. The van der Waals surface area contributed by atoms with Gasteiger partial charge in [-0.3, -0.25) is 0 Å². The molecule has 0 aliphatic heterocycles. The van der Waals surface area contributed by atoms with Gasteiger partial charge in [0.2, 0.25) is 10.0 Å². The molecule has 2 rings (SSSR count). The number of rotatable bonds is 5. The predicted molar refractivity (Wildman–Crippen MR) is 75.1 cm³/mol. The molecule has 1 heterocycles. The molecule has 1 saturated carbocycles. The van der Waals surface area contributed by atoms with Gasteiger partial charge in [-0.05, 0) is 18.9 Å². The first kappa shape index (κ1) is 14.6. The SMILES string of the molecule is CCN(C1CCCCC1)S(=O)(=O)c1c[nH]c(CN)c1.